The Labute approximate surface area is 96.1 Å². The Morgan fingerprint density at radius 3 is 3.12 bits per heavy atom. The molecule has 3 rings (SSSR count). The molecule has 1 N–H and O–H groups in total. The number of fused-ring (bicyclic) bond motifs is 1. The van der Waals surface area contributed by atoms with E-state index in [4.69, 9.17) is 11.6 Å². The molecule has 0 amide bonds. The first kappa shape index (κ1) is 9.35. The second kappa shape index (κ2) is 3.61. The third-order valence-corrected chi connectivity index (χ3v) is 2.51. The Hall–Kier alpha value is -1.88. The number of hydrogen-bond acceptors (Lipinski definition) is 3. The summed E-state index contributed by atoms with van der Waals surface area (Å²) in [6.45, 7) is 0.576. The molecule has 2 heterocycles. The molecule has 0 fully saturated rings. The van der Waals surface area contributed by atoms with Gasteiger partial charge in [0.2, 0.25) is 0 Å². The topological polar surface area (TPSA) is 59.4 Å². The van der Waals surface area contributed by atoms with E-state index in [1.54, 1.807) is 11.0 Å². The van der Waals surface area contributed by atoms with Gasteiger partial charge < -0.3 is 4.98 Å². The van der Waals surface area contributed by atoms with Crippen molar-refractivity contribution in [1.29, 1.82) is 0 Å². The molecule has 1 aromatic carbocycles. The minimum atomic E-state index is 0.576. The van der Waals surface area contributed by atoms with Crippen molar-refractivity contribution in [3.63, 3.8) is 0 Å². The van der Waals surface area contributed by atoms with E-state index in [0.717, 1.165) is 16.9 Å². The first-order chi connectivity index (χ1) is 7.81. The normalized spacial score (nSPS) is 11.1. The van der Waals surface area contributed by atoms with Crippen LogP contribution in [0, 0.1) is 0 Å². The summed E-state index contributed by atoms with van der Waals surface area (Å²) in [6, 6.07) is 5.57. The number of H-pyrrole nitrogens is 1. The molecular formula is C10H8ClN5. The minimum absolute atomic E-state index is 0.576. The molecule has 6 heteroatoms. The first-order valence-electron chi connectivity index (χ1n) is 4.78. The van der Waals surface area contributed by atoms with Gasteiger partial charge in [-0.05, 0) is 18.2 Å². The van der Waals surface area contributed by atoms with Crippen LogP contribution in [0.1, 0.15) is 5.82 Å². The van der Waals surface area contributed by atoms with Crippen molar-refractivity contribution >= 4 is 22.6 Å². The molecule has 0 aliphatic carbocycles. The number of halogens is 1. The summed E-state index contributed by atoms with van der Waals surface area (Å²) in [5.41, 5.74) is 1.84. The number of hydrogen-bond donors (Lipinski definition) is 1. The molecule has 80 valence electrons. The van der Waals surface area contributed by atoms with Gasteiger partial charge in [0, 0.05) is 5.02 Å². The quantitative estimate of drug-likeness (QED) is 0.735. The van der Waals surface area contributed by atoms with Crippen LogP contribution in [0.5, 0.6) is 0 Å². The number of rotatable bonds is 2. The van der Waals surface area contributed by atoms with Crippen molar-refractivity contribution in [2.75, 3.05) is 0 Å². The van der Waals surface area contributed by atoms with Crippen LogP contribution in [0.4, 0.5) is 0 Å². The lowest BCUT2D eigenvalue weighted by molar-refractivity contribution is 0.661. The lowest BCUT2D eigenvalue weighted by atomic mass is 10.3. The van der Waals surface area contributed by atoms with E-state index in [0.29, 0.717) is 11.6 Å². The van der Waals surface area contributed by atoms with Gasteiger partial charge in [-0.15, -0.1) is 0 Å². The van der Waals surface area contributed by atoms with Gasteiger partial charge >= 0.3 is 0 Å². The fourth-order valence-electron chi connectivity index (χ4n) is 1.58. The van der Waals surface area contributed by atoms with Crippen molar-refractivity contribution in [3.05, 3.63) is 41.7 Å². The Bertz CT molecular complexity index is 613. The highest BCUT2D eigenvalue weighted by Gasteiger charge is 2.03. The Morgan fingerprint density at radius 2 is 2.31 bits per heavy atom. The fraction of sp³-hybridized carbons (Fsp3) is 0.100. The van der Waals surface area contributed by atoms with Gasteiger partial charge in [0.05, 0.1) is 11.0 Å². The Morgan fingerprint density at radius 1 is 1.38 bits per heavy atom. The summed E-state index contributed by atoms with van der Waals surface area (Å²) in [7, 11) is 0. The second-order valence-corrected chi connectivity index (χ2v) is 3.87. The van der Waals surface area contributed by atoms with Crippen LogP contribution in [0.3, 0.4) is 0 Å². The van der Waals surface area contributed by atoms with Gasteiger partial charge in [0.1, 0.15) is 25.0 Å². The molecule has 3 aromatic rings. The van der Waals surface area contributed by atoms with Crippen LogP contribution < -0.4 is 0 Å². The predicted molar refractivity (Wildman–Crippen MR) is 60.2 cm³/mol. The zero-order valence-electron chi connectivity index (χ0n) is 8.26. The maximum Gasteiger partial charge on any atom is 0.137 e. The van der Waals surface area contributed by atoms with Gasteiger partial charge in [0.25, 0.3) is 0 Å². The molecule has 0 atom stereocenters. The van der Waals surface area contributed by atoms with Gasteiger partial charge in [-0.2, -0.15) is 5.10 Å². The van der Waals surface area contributed by atoms with Crippen LogP contribution in [0.2, 0.25) is 5.02 Å². The molecule has 16 heavy (non-hydrogen) atoms. The largest absolute Gasteiger partial charge is 0.340 e. The summed E-state index contributed by atoms with van der Waals surface area (Å²) in [5, 5.41) is 4.72. The fourth-order valence-corrected chi connectivity index (χ4v) is 1.75. The highest BCUT2D eigenvalue weighted by molar-refractivity contribution is 6.31. The van der Waals surface area contributed by atoms with Crippen LogP contribution in [0.25, 0.3) is 11.0 Å². The third-order valence-electron chi connectivity index (χ3n) is 2.27. The molecule has 0 aliphatic heterocycles. The van der Waals surface area contributed by atoms with Crippen LogP contribution in [0.15, 0.2) is 30.9 Å². The molecule has 0 spiro atoms. The molecule has 5 nitrogen and oxygen atoms in total. The maximum absolute atomic E-state index is 5.90. The lowest BCUT2D eigenvalue weighted by Crippen LogP contribution is -2.01. The number of nitrogens with zero attached hydrogens (tertiary/aromatic N) is 4. The van der Waals surface area contributed by atoms with E-state index in [1.165, 1.54) is 6.33 Å². The van der Waals surface area contributed by atoms with Gasteiger partial charge in [0.15, 0.2) is 0 Å². The molecule has 0 radical (unpaired) electrons. The Balaban J connectivity index is 1.99. The number of aromatic nitrogens is 5. The third kappa shape index (κ3) is 1.65. The molecule has 0 aliphatic rings. The van der Waals surface area contributed by atoms with Crippen LogP contribution >= 0.6 is 11.6 Å². The predicted octanol–water partition coefficient (Wildman–Crippen LogP) is 1.86. The van der Waals surface area contributed by atoms with E-state index >= 15 is 0 Å². The molecule has 0 unspecified atom stereocenters. The zero-order chi connectivity index (χ0) is 11.0. The maximum atomic E-state index is 5.90. The SMILES string of the molecule is Clc1ccc2nc(Cn3cncn3)[nH]c2c1. The zero-order valence-corrected chi connectivity index (χ0v) is 9.02. The number of aromatic amines is 1. The molecule has 0 saturated heterocycles. The molecular weight excluding hydrogens is 226 g/mol. The smallest absolute Gasteiger partial charge is 0.137 e. The average molecular weight is 234 g/mol. The summed E-state index contributed by atoms with van der Waals surface area (Å²) in [6.07, 6.45) is 3.15. The standard InChI is InChI=1S/C10H8ClN5/c11-7-1-2-8-9(3-7)15-10(14-8)4-16-6-12-5-13-16/h1-3,5-6H,4H2,(H,14,15). The van der Waals surface area contributed by atoms with E-state index in [1.807, 2.05) is 18.2 Å². The van der Waals surface area contributed by atoms with Crippen molar-refractivity contribution in [3.8, 4) is 0 Å². The van der Waals surface area contributed by atoms with Crippen LogP contribution in [-0.4, -0.2) is 24.7 Å². The second-order valence-electron chi connectivity index (χ2n) is 3.44. The van der Waals surface area contributed by atoms with Crippen molar-refractivity contribution in [2.24, 2.45) is 0 Å². The van der Waals surface area contributed by atoms with Crippen molar-refractivity contribution < 1.29 is 0 Å². The summed E-state index contributed by atoms with van der Waals surface area (Å²) in [4.78, 5) is 11.5. The van der Waals surface area contributed by atoms with E-state index in [9.17, 15) is 0 Å². The molecule has 2 aromatic heterocycles. The highest BCUT2D eigenvalue weighted by Crippen LogP contribution is 2.17. The molecule has 0 saturated carbocycles. The number of nitrogens with one attached hydrogen (secondary N) is 1. The highest BCUT2D eigenvalue weighted by atomic mass is 35.5. The number of benzene rings is 1. The van der Waals surface area contributed by atoms with E-state index in [-0.39, 0.29) is 0 Å². The van der Waals surface area contributed by atoms with Crippen molar-refractivity contribution in [1.82, 2.24) is 24.7 Å². The van der Waals surface area contributed by atoms with Gasteiger partial charge in [-0.3, -0.25) is 0 Å². The minimum Gasteiger partial charge on any atom is -0.340 e. The number of imidazole rings is 1. The Kier molecular flexibility index (Phi) is 2.11. The summed E-state index contributed by atoms with van der Waals surface area (Å²) >= 11 is 5.90. The first-order valence-corrected chi connectivity index (χ1v) is 5.15. The average Bonchev–Trinajstić information content (AvgIpc) is 2.86. The van der Waals surface area contributed by atoms with Gasteiger partial charge in [-0.25, -0.2) is 14.6 Å². The molecule has 0 bridgehead atoms. The van der Waals surface area contributed by atoms with E-state index < -0.39 is 0 Å². The summed E-state index contributed by atoms with van der Waals surface area (Å²) in [5.74, 6) is 0.836. The van der Waals surface area contributed by atoms with Crippen molar-refractivity contribution in [2.45, 2.75) is 6.54 Å². The van der Waals surface area contributed by atoms with E-state index in [2.05, 4.69) is 20.1 Å². The lowest BCUT2D eigenvalue weighted by Gasteiger charge is -1.94. The van der Waals surface area contributed by atoms with Gasteiger partial charge in [-0.1, -0.05) is 11.6 Å². The van der Waals surface area contributed by atoms with Crippen LogP contribution in [-0.2, 0) is 6.54 Å². The summed E-state index contributed by atoms with van der Waals surface area (Å²) < 4.78 is 1.71. The monoisotopic (exact) mass is 233 g/mol.